The van der Waals surface area contributed by atoms with Crippen LogP contribution in [0.1, 0.15) is 23.2 Å². The average Bonchev–Trinajstić information content (AvgIpc) is 2.48. The summed E-state index contributed by atoms with van der Waals surface area (Å²) in [6.07, 6.45) is 2.78. The number of hydrogen-bond acceptors (Lipinski definition) is 3. The quantitative estimate of drug-likeness (QED) is 0.782. The third-order valence-corrected chi connectivity index (χ3v) is 4.30. The van der Waals surface area contributed by atoms with Gasteiger partial charge in [-0.15, -0.1) is 0 Å². The highest BCUT2D eigenvalue weighted by Crippen LogP contribution is 2.23. The van der Waals surface area contributed by atoms with Crippen LogP contribution in [0.4, 0.5) is 0 Å². The molecule has 2 rings (SSSR count). The fraction of sp³-hybridized carbons (Fsp3) is 0.500. The molecule has 2 amide bonds. The van der Waals surface area contributed by atoms with Gasteiger partial charge in [0.05, 0.1) is 10.6 Å². The Bertz CT molecular complexity index is 555. The van der Waals surface area contributed by atoms with E-state index in [1.165, 1.54) is 12.3 Å². The van der Waals surface area contributed by atoms with Crippen LogP contribution in [0.25, 0.3) is 0 Å². The number of amides is 2. The van der Waals surface area contributed by atoms with Crippen LogP contribution in [0.3, 0.4) is 0 Å². The number of piperidine rings is 1. The Kier molecular flexibility index (Phi) is 5.06. The maximum atomic E-state index is 12.4. The van der Waals surface area contributed by atoms with Crippen molar-refractivity contribution in [2.75, 3.05) is 27.2 Å². The Balaban J connectivity index is 2.00. The lowest BCUT2D eigenvalue weighted by atomic mass is 9.95. The molecule has 2 heterocycles. The number of rotatable bonds is 2. The minimum Gasteiger partial charge on any atom is -0.349 e. The van der Waals surface area contributed by atoms with Crippen molar-refractivity contribution in [3.63, 3.8) is 0 Å². The average molecular weight is 330 g/mol. The fourth-order valence-corrected chi connectivity index (χ4v) is 2.69. The Morgan fingerprint density at radius 1 is 1.29 bits per heavy atom. The summed E-state index contributed by atoms with van der Waals surface area (Å²) in [5, 5.41) is 0.448. The van der Waals surface area contributed by atoms with Crippen molar-refractivity contribution >= 4 is 35.0 Å². The zero-order chi connectivity index (χ0) is 15.6. The van der Waals surface area contributed by atoms with Crippen LogP contribution < -0.4 is 0 Å². The Labute approximate surface area is 133 Å². The predicted molar refractivity (Wildman–Crippen MR) is 81.6 cm³/mol. The van der Waals surface area contributed by atoms with Crippen LogP contribution in [0.5, 0.6) is 0 Å². The molecule has 0 bridgehead atoms. The number of hydrogen-bond donors (Lipinski definition) is 0. The number of carbonyl (C=O) groups excluding carboxylic acids is 2. The summed E-state index contributed by atoms with van der Waals surface area (Å²) >= 11 is 11.6. The van der Waals surface area contributed by atoms with Gasteiger partial charge in [0.2, 0.25) is 5.91 Å². The van der Waals surface area contributed by atoms with Gasteiger partial charge in [0, 0.05) is 39.3 Å². The lowest BCUT2D eigenvalue weighted by Crippen LogP contribution is -2.42. The first-order valence-electron chi connectivity index (χ1n) is 6.71. The number of likely N-dealkylation sites (tertiary alicyclic amines) is 1. The Morgan fingerprint density at radius 2 is 1.90 bits per heavy atom. The van der Waals surface area contributed by atoms with E-state index in [-0.39, 0.29) is 27.9 Å². The molecule has 7 heteroatoms. The van der Waals surface area contributed by atoms with E-state index < -0.39 is 0 Å². The van der Waals surface area contributed by atoms with Gasteiger partial charge in [-0.25, -0.2) is 4.98 Å². The van der Waals surface area contributed by atoms with Crippen molar-refractivity contribution in [1.29, 1.82) is 0 Å². The maximum Gasteiger partial charge on any atom is 0.255 e. The molecular formula is C14H17Cl2N3O2. The fourth-order valence-electron chi connectivity index (χ4n) is 2.42. The Morgan fingerprint density at radius 3 is 2.43 bits per heavy atom. The molecule has 0 unspecified atom stereocenters. The van der Waals surface area contributed by atoms with Crippen LogP contribution in [-0.4, -0.2) is 53.8 Å². The summed E-state index contributed by atoms with van der Waals surface area (Å²) in [7, 11) is 3.50. The number of pyridine rings is 1. The molecule has 0 radical (unpaired) electrons. The molecule has 1 aromatic rings. The molecule has 0 saturated carbocycles. The van der Waals surface area contributed by atoms with Gasteiger partial charge < -0.3 is 9.80 Å². The van der Waals surface area contributed by atoms with Crippen LogP contribution in [-0.2, 0) is 4.79 Å². The molecule has 0 N–H and O–H groups in total. The molecule has 1 fully saturated rings. The molecule has 5 nitrogen and oxygen atoms in total. The molecular weight excluding hydrogens is 313 g/mol. The van der Waals surface area contributed by atoms with Crippen molar-refractivity contribution in [3.05, 3.63) is 28.0 Å². The normalized spacial score (nSPS) is 15.9. The van der Waals surface area contributed by atoms with E-state index in [0.29, 0.717) is 31.5 Å². The molecule has 1 saturated heterocycles. The highest BCUT2D eigenvalue weighted by molar-refractivity contribution is 6.41. The van der Waals surface area contributed by atoms with E-state index in [4.69, 9.17) is 23.2 Å². The van der Waals surface area contributed by atoms with Crippen molar-refractivity contribution < 1.29 is 9.59 Å². The van der Waals surface area contributed by atoms with Gasteiger partial charge in [0.15, 0.2) is 0 Å². The summed E-state index contributed by atoms with van der Waals surface area (Å²) in [5.74, 6) is -0.00824. The van der Waals surface area contributed by atoms with Crippen molar-refractivity contribution in [2.45, 2.75) is 12.8 Å². The number of nitrogens with zero attached hydrogens (tertiary/aromatic N) is 3. The lowest BCUT2D eigenvalue weighted by Gasteiger charge is -2.32. The van der Waals surface area contributed by atoms with Crippen LogP contribution in [0.2, 0.25) is 10.2 Å². The third kappa shape index (κ3) is 3.66. The molecule has 114 valence electrons. The van der Waals surface area contributed by atoms with Crippen molar-refractivity contribution in [1.82, 2.24) is 14.8 Å². The first kappa shape index (κ1) is 16.0. The summed E-state index contributed by atoms with van der Waals surface area (Å²) in [6, 6.07) is 1.52. The maximum absolute atomic E-state index is 12.4. The second kappa shape index (κ2) is 6.62. The highest BCUT2D eigenvalue weighted by atomic mass is 35.5. The highest BCUT2D eigenvalue weighted by Gasteiger charge is 2.28. The second-order valence-corrected chi connectivity index (χ2v) is 6.06. The van der Waals surface area contributed by atoms with Gasteiger partial charge in [0.1, 0.15) is 5.15 Å². The minimum absolute atomic E-state index is 0.00372. The van der Waals surface area contributed by atoms with Gasteiger partial charge >= 0.3 is 0 Å². The summed E-state index contributed by atoms with van der Waals surface area (Å²) in [6.45, 7) is 1.12. The zero-order valence-electron chi connectivity index (χ0n) is 12.0. The van der Waals surface area contributed by atoms with Gasteiger partial charge in [-0.1, -0.05) is 23.2 Å². The zero-order valence-corrected chi connectivity index (χ0v) is 13.5. The van der Waals surface area contributed by atoms with E-state index in [0.717, 1.165) is 0 Å². The molecule has 0 aromatic carbocycles. The van der Waals surface area contributed by atoms with Gasteiger partial charge in [-0.05, 0) is 18.9 Å². The second-order valence-electron chi connectivity index (χ2n) is 5.30. The smallest absolute Gasteiger partial charge is 0.255 e. The monoisotopic (exact) mass is 329 g/mol. The molecule has 1 aliphatic heterocycles. The topological polar surface area (TPSA) is 53.5 Å². The van der Waals surface area contributed by atoms with E-state index in [1.54, 1.807) is 23.9 Å². The van der Waals surface area contributed by atoms with E-state index in [2.05, 4.69) is 4.98 Å². The number of halogens is 2. The standard InChI is InChI=1S/C14H17Cl2N3O2/c1-18(2)13(20)9-3-5-19(6-4-9)14(21)10-7-11(15)12(16)17-8-10/h7-9H,3-6H2,1-2H3. The van der Waals surface area contributed by atoms with Crippen LogP contribution in [0, 0.1) is 5.92 Å². The molecule has 21 heavy (non-hydrogen) atoms. The first-order valence-corrected chi connectivity index (χ1v) is 7.47. The number of carbonyl (C=O) groups is 2. The first-order chi connectivity index (χ1) is 9.90. The molecule has 0 aliphatic carbocycles. The van der Waals surface area contributed by atoms with E-state index in [1.807, 2.05) is 0 Å². The molecule has 0 atom stereocenters. The molecule has 1 aliphatic rings. The summed E-state index contributed by atoms with van der Waals surface area (Å²) in [5.41, 5.74) is 0.418. The van der Waals surface area contributed by atoms with Gasteiger partial charge in [-0.3, -0.25) is 9.59 Å². The van der Waals surface area contributed by atoms with E-state index in [9.17, 15) is 9.59 Å². The largest absolute Gasteiger partial charge is 0.349 e. The van der Waals surface area contributed by atoms with Crippen molar-refractivity contribution in [2.24, 2.45) is 5.92 Å². The van der Waals surface area contributed by atoms with Gasteiger partial charge in [0.25, 0.3) is 5.91 Å². The minimum atomic E-state index is -0.128. The van der Waals surface area contributed by atoms with Gasteiger partial charge in [-0.2, -0.15) is 0 Å². The summed E-state index contributed by atoms with van der Waals surface area (Å²) < 4.78 is 0. The molecule has 0 spiro atoms. The lowest BCUT2D eigenvalue weighted by molar-refractivity contribution is -0.134. The predicted octanol–water partition coefficient (Wildman–Crippen LogP) is 2.33. The van der Waals surface area contributed by atoms with E-state index >= 15 is 0 Å². The van der Waals surface area contributed by atoms with Crippen LogP contribution >= 0.6 is 23.2 Å². The Hall–Kier alpha value is -1.33. The molecule has 1 aromatic heterocycles. The SMILES string of the molecule is CN(C)C(=O)C1CCN(C(=O)c2cnc(Cl)c(Cl)c2)CC1. The number of aromatic nitrogens is 1. The summed E-state index contributed by atoms with van der Waals surface area (Å²) in [4.78, 5) is 31.5. The van der Waals surface area contributed by atoms with Crippen LogP contribution in [0.15, 0.2) is 12.3 Å². The van der Waals surface area contributed by atoms with Crippen molar-refractivity contribution in [3.8, 4) is 0 Å². The third-order valence-electron chi connectivity index (χ3n) is 3.62.